The summed E-state index contributed by atoms with van der Waals surface area (Å²) in [4.78, 5) is 24.0. The lowest BCUT2D eigenvalue weighted by atomic mass is 10.2. The Morgan fingerprint density at radius 1 is 1.08 bits per heavy atom. The molecule has 2 N–H and O–H groups in total. The molecule has 0 fully saturated rings. The average Bonchev–Trinajstić information content (AvgIpc) is 2.61. The molecule has 0 unspecified atom stereocenters. The molecule has 1 atom stereocenters. The number of carbonyl (C=O) groups excluding carboxylic acids is 2. The highest BCUT2D eigenvalue weighted by atomic mass is 32.2. The van der Waals surface area contributed by atoms with Gasteiger partial charge in [0.1, 0.15) is 5.82 Å². The summed E-state index contributed by atoms with van der Waals surface area (Å²) in [6.45, 7) is 4.07. The van der Waals surface area contributed by atoms with Gasteiger partial charge in [0, 0.05) is 12.2 Å². The first-order valence-corrected chi connectivity index (χ1v) is 8.99. The van der Waals surface area contributed by atoms with Crippen molar-refractivity contribution in [1.29, 1.82) is 0 Å². The minimum Gasteiger partial charge on any atom is -0.351 e. The van der Waals surface area contributed by atoms with Crippen LogP contribution in [0.3, 0.4) is 0 Å². The van der Waals surface area contributed by atoms with Crippen LogP contribution in [0.15, 0.2) is 48.5 Å². The third kappa shape index (κ3) is 6.58. The topological polar surface area (TPSA) is 58.2 Å². The summed E-state index contributed by atoms with van der Waals surface area (Å²) in [6.07, 6.45) is 0. The van der Waals surface area contributed by atoms with Crippen LogP contribution in [0.5, 0.6) is 0 Å². The maximum atomic E-state index is 12.8. The third-order valence-electron chi connectivity index (χ3n) is 3.55. The molecular weight excluding hydrogens is 339 g/mol. The van der Waals surface area contributed by atoms with E-state index in [1.165, 1.54) is 23.9 Å². The molecule has 0 aliphatic heterocycles. The Kier molecular flexibility index (Phi) is 7.01. The van der Waals surface area contributed by atoms with Gasteiger partial charge in [-0.1, -0.05) is 29.8 Å². The number of amides is 2. The first-order valence-electron chi connectivity index (χ1n) is 7.94. The van der Waals surface area contributed by atoms with Crippen molar-refractivity contribution in [3.05, 3.63) is 65.5 Å². The monoisotopic (exact) mass is 360 g/mol. The smallest absolute Gasteiger partial charge is 0.234 e. The zero-order valence-electron chi connectivity index (χ0n) is 14.2. The normalized spacial score (nSPS) is 11.6. The van der Waals surface area contributed by atoms with Gasteiger partial charge in [-0.3, -0.25) is 9.59 Å². The lowest BCUT2D eigenvalue weighted by Crippen LogP contribution is -2.31. The van der Waals surface area contributed by atoms with Gasteiger partial charge < -0.3 is 10.6 Å². The van der Waals surface area contributed by atoms with Crippen LogP contribution in [0.2, 0.25) is 0 Å². The fourth-order valence-electron chi connectivity index (χ4n) is 2.05. The number of carbonyl (C=O) groups is 2. The number of benzene rings is 2. The number of hydrogen-bond acceptors (Lipinski definition) is 3. The summed E-state index contributed by atoms with van der Waals surface area (Å²) < 4.78 is 12.8. The average molecular weight is 360 g/mol. The standard InChI is InChI=1S/C19H21FN2O2S/c1-13-3-9-17(10-4-13)22-18(23)12-25-14(2)19(24)21-11-15-5-7-16(20)8-6-15/h3-10,14H,11-12H2,1-2H3,(H,21,24)(H,22,23)/t14-/m0/s1. The van der Waals surface area contributed by atoms with Crippen LogP contribution in [0.4, 0.5) is 10.1 Å². The molecule has 4 nitrogen and oxygen atoms in total. The Morgan fingerprint density at radius 3 is 2.36 bits per heavy atom. The Morgan fingerprint density at radius 2 is 1.72 bits per heavy atom. The lowest BCUT2D eigenvalue weighted by Gasteiger charge is -2.12. The van der Waals surface area contributed by atoms with E-state index in [1.54, 1.807) is 19.1 Å². The van der Waals surface area contributed by atoms with E-state index in [0.29, 0.717) is 6.54 Å². The summed E-state index contributed by atoms with van der Waals surface area (Å²) in [5.41, 5.74) is 2.69. The van der Waals surface area contributed by atoms with Crippen molar-refractivity contribution in [3.63, 3.8) is 0 Å². The largest absolute Gasteiger partial charge is 0.351 e. The van der Waals surface area contributed by atoms with E-state index in [1.807, 2.05) is 31.2 Å². The molecule has 132 valence electrons. The molecule has 0 radical (unpaired) electrons. The molecule has 0 aromatic heterocycles. The maximum Gasteiger partial charge on any atom is 0.234 e. The van der Waals surface area contributed by atoms with Gasteiger partial charge in [0.15, 0.2) is 0 Å². The Balaban J connectivity index is 1.72. The fourth-order valence-corrected chi connectivity index (χ4v) is 2.75. The SMILES string of the molecule is Cc1ccc(NC(=O)CS[C@@H](C)C(=O)NCc2ccc(F)cc2)cc1. The summed E-state index contributed by atoms with van der Waals surface area (Å²) in [5, 5.41) is 5.23. The molecule has 0 aliphatic rings. The highest BCUT2D eigenvalue weighted by Gasteiger charge is 2.15. The second-order valence-electron chi connectivity index (χ2n) is 5.71. The van der Waals surface area contributed by atoms with E-state index in [0.717, 1.165) is 16.8 Å². The maximum absolute atomic E-state index is 12.8. The quantitative estimate of drug-likeness (QED) is 0.794. The van der Waals surface area contributed by atoms with Crippen molar-refractivity contribution >= 4 is 29.3 Å². The Labute approximate surface area is 151 Å². The molecule has 6 heteroatoms. The molecule has 2 aromatic rings. The molecule has 2 aromatic carbocycles. The lowest BCUT2D eigenvalue weighted by molar-refractivity contribution is -0.120. The summed E-state index contributed by atoms with van der Waals surface area (Å²) >= 11 is 1.27. The second kappa shape index (κ2) is 9.22. The van der Waals surface area contributed by atoms with Gasteiger partial charge in [-0.2, -0.15) is 0 Å². The van der Waals surface area contributed by atoms with E-state index in [4.69, 9.17) is 0 Å². The number of aryl methyl sites for hydroxylation is 1. The van der Waals surface area contributed by atoms with Crippen LogP contribution in [0.25, 0.3) is 0 Å². The van der Waals surface area contributed by atoms with Gasteiger partial charge in [-0.05, 0) is 43.7 Å². The molecular formula is C19H21FN2O2S. The van der Waals surface area contributed by atoms with Gasteiger partial charge >= 0.3 is 0 Å². The number of nitrogens with one attached hydrogen (secondary N) is 2. The molecule has 0 heterocycles. The minimum absolute atomic E-state index is 0.146. The third-order valence-corrected chi connectivity index (χ3v) is 4.69. The first-order chi connectivity index (χ1) is 11.9. The molecule has 0 saturated carbocycles. The van der Waals surface area contributed by atoms with Crippen molar-refractivity contribution in [2.45, 2.75) is 25.6 Å². The van der Waals surface area contributed by atoms with Crippen molar-refractivity contribution in [2.75, 3.05) is 11.1 Å². The zero-order chi connectivity index (χ0) is 18.2. The molecule has 0 aliphatic carbocycles. The second-order valence-corrected chi connectivity index (χ2v) is 7.04. The number of thioether (sulfide) groups is 1. The van der Waals surface area contributed by atoms with Crippen molar-refractivity contribution in [3.8, 4) is 0 Å². The van der Waals surface area contributed by atoms with Crippen molar-refractivity contribution in [1.82, 2.24) is 5.32 Å². The van der Waals surface area contributed by atoms with Crippen molar-refractivity contribution in [2.24, 2.45) is 0 Å². The van der Waals surface area contributed by atoms with Gasteiger partial charge in [0.25, 0.3) is 0 Å². The first kappa shape index (κ1) is 19.0. The Hall–Kier alpha value is -2.34. The summed E-state index contributed by atoms with van der Waals surface area (Å²) in [6, 6.07) is 13.5. The molecule has 25 heavy (non-hydrogen) atoms. The summed E-state index contributed by atoms with van der Waals surface area (Å²) in [7, 11) is 0. The Bertz CT molecular complexity index is 717. The number of hydrogen-bond donors (Lipinski definition) is 2. The van der Waals surface area contributed by atoms with E-state index in [2.05, 4.69) is 10.6 Å². The van der Waals surface area contributed by atoms with Gasteiger partial charge in [-0.25, -0.2) is 4.39 Å². The highest BCUT2D eigenvalue weighted by Crippen LogP contribution is 2.13. The molecule has 2 rings (SSSR count). The van der Waals surface area contributed by atoms with Crippen molar-refractivity contribution < 1.29 is 14.0 Å². The van der Waals surface area contributed by atoms with Gasteiger partial charge in [0.05, 0.1) is 11.0 Å². The molecule has 0 bridgehead atoms. The van der Waals surface area contributed by atoms with E-state index >= 15 is 0 Å². The molecule has 0 spiro atoms. The minimum atomic E-state index is -0.357. The van der Waals surface area contributed by atoms with Crippen LogP contribution < -0.4 is 10.6 Å². The van der Waals surface area contributed by atoms with E-state index in [-0.39, 0.29) is 28.6 Å². The fraction of sp³-hybridized carbons (Fsp3) is 0.263. The van der Waals surface area contributed by atoms with Gasteiger partial charge in [0.2, 0.25) is 11.8 Å². The summed E-state index contributed by atoms with van der Waals surface area (Å²) in [5.74, 6) is -0.415. The van der Waals surface area contributed by atoms with Crippen LogP contribution in [-0.2, 0) is 16.1 Å². The van der Waals surface area contributed by atoms with Crippen LogP contribution in [-0.4, -0.2) is 22.8 Å². The van der Waals surface area contributed by atoms with Crippen LogP contribution >= 0.6 is 11.8 Å². The van der Waals surface area contributed by atoms with Crippen LogP contribution in [0, 0.1) is 12.7 Å². The van der Waals surface area contributed by atoms with E-state index in [9.17, 15) is 14.0 Å². The van der Waals surface area contributed by atoms with E-state index < -0.39 is 0 Å². The number of anilines is 1. The predicted molar refractivity (Wildman–Crippen MR) is 100.0 cm³/mol. The zero-order valence-corrected chi connectivity index (χ0v) is 15.0. The molecule has 0 saturated heterocycles. The predicted octanol–water partition coefficient (Wildman–Crippen LogP) is 3.51. The highest BCUT2D eigenvalue weighted by molar-refractivity contribution is 8.01. The number of halogens is 1. The van der Waals surface area contributed by atoms with Crippen LogP contribution in [0.1, 0.15) is 18.1 Å². The van der Waals surface area contributed by atoms with Gasteiger partial charge in [-0.15, -0.1) is 11.8 Å². The number of rotatable bonds is 7. The molecule has 2 amide bonds.